The van der Waals surface area contributed by atoms with Crippen LogP contribution in [0, 0.1) is 5.92 Å². The van der Waals surface area contributed by atoms with Crippen molar-refractivity contribution in [2.24, 2.45) is 5.92 Å². The number of hydrogen-bond acceptors (Lipinski definition) is 4. The maximum atomic E-state index is 5.00. The molecule has 4 heteroatoms. The van der Waals surface area contributed by atoms with Gasteiger partial charge in [0, 0.05) is 26.2 Å². The van der Waals surface area contributed by atoms with E-state index in [0.717, 1.165) is 25.6 Å². The fourth-order valence-corrected chi connectivity index (χ4v) is 3.34. The molecule has 0 aromatic carbocycles. The van der Waals surface area contributed by atoms with Gasteiger partial charge in [0.1, 0.15) is 0 Å². The van der Waals surface area contributed by atoms with Crippen LogP contribution in [0.5, 0.6) is 0 Å². The van der Waals surface area contributed by atoms with Gasteiger partial charge in [-0.2, -0.15) is 11.8 Å². The van der Waals surface area contributed by atoms with E-state index in [9.17, 15) is 0 Å². The van der Waals surface area contributed by atoms with Crippen LogP contribution in [0.2, 0.25) is 0 Å². The van der Waals surface area contributed by atoms with Gasteiger partial charge in [0.15, 0.2) is 0 Å². The zero-order valence-electron chi connectivity index (χ0n) is 11.3. The van der Waals surface area contributed by atoms with Crippen molar-refractivity contribution in [2.75, 3.05) is 44.9 Å². The van der Waals surface area contributed by atoms with Crippen molar-refractivity contribution in [1.82, 2.24) is 10.6 Å². The van der Waals surface area contributed by atoms with Crippen molar-refractivity contribution < 1.29 is 4.74 Å². The molecule has 0 radical (unpaired) electrons. The molecule has 0 saturated carbocycles. The highest BCUT2D eigenvalue weighted by atomic mass is 32.2. The van der Waals surface area contributed by atoms with Gasteiger partial charge in [0.05, 0.1) is 6.61 Å². The van der Waals surface area contributed by atoms with Crippen molar-refractivity contribution >= 4 is 11.8 Å². The summed E-state index contributed by atoms with van der Waals surface area (Å²) in [5, 5.41) is 6.98. The van der Waals surface area contributed by atoms with Crippen molar-refractivity contribution in [3.63, 3.8) is 0 Å². The Bertz CT molecular complexity index is 175. The van der Waals surface area contributed by atoms with Gasteiger partial charge in [-0.15, -0.1) is 0 Å². The minimum Gasteiger partial charge on any atom is -0.383 e. The molecule has 1 aliphatic heterocycles. The van der Waals surface area contributed by atoms with E-state index >= 15 is 0 Å². The Morgan fingerprint density at radius 2 is 2.06 bits per heavy atom. The molecule has 1 rings (SSSR count). The number of ether oxygens (including phenoxy) is 1. The Hall–Kier alpha value is 0.230. The largest absolute Gasteiger partial charge is 0.383 e. The lowest BCUT2D eigenvalue weighted by molar-refractivity contribution is 0.198. The van der Waals surface area contributed by atoms with Crippen LogP contribution in [0.4, 0.5) is 0 Å². The van der Waals surface area contributed by atoms with E-state index in [-0.39, 0.29) is 0 Å². The fourth-order valence-electron chi connectivity index (χ4n) is 2.13. The normalized spacial score (nSPS) is 19.4. The number of rotatable bonds is 9. The number of nitrogens with one attached hydrogen (secondary N) is 2. The van der Waals surface area contributed by atoms with Gasteiger partial charge >= 0.3 is 0 Å². The minimum atomic E-state index is 0.560. The molecule has 102 valence electrons. The zero-order valence-corrected chi connectivity index (χ0v) is 12.2. The van der Waals surface area contributed by atoms with Gasteiger partial charge in [-0.05, 0) is 50.2 Å². The molecule has 0 aromatic heterocycles. The maximum absolute atomic E-state index is 5.00. The minimum absolute atomic E-state index is 0.560. The summed E-state index contributed by atoms with van der Waals surface area (Å²) < 4.78 is 5.00. The van der Waals surface area contributed by atoms with E-state index in [2.05, 4.69) is 29.3 Å². The van der Waals surface area contributed by atoms with Crippen molar-refractivity contribution in [1.29, 1.82) is 0 Å². The van der Waals surface area contributed by atoms with E-state index in [4.69, 9.17) is 4.74 Å². The fraction of sp³-hybridized carbons (Fsp3) is 1.00. The van der Waals surface area contributed by atoms with Crippen LogP contribution < -0.4 is 10.6 Å². The van der Waals surface area contributed by atoms with E-state index in [1.807, 2.05) is 0 Å². The Labute approximate surface area is 110 Å². The van der Waals surface area contributed by atoms with E-state index in [0.29, 0.717) is 6.04 Å². The van der Waals surface area contributed by atoms with Crippen LogP contribution in [0.15, 0.2) is 0 Å². The van der Waals surface area contributed by atoms with Gasteiger partial charge in [-0.1, -0.05) is 0 Å². The average Bonchev–Trinajstić information content (AvgIpc) is 2.36. The Morgan fingerprint density at radius 3 is 2.76 bits per heavy atom. The highest BCUT2D eigenvalue weighted by molar-refractivity contribution is 7.99. The summed E-state index contributed by atoms with van der Waals surface area (Å²) in [7, 11) is 1.74. The second kappa shape index (κ2) is 10.2. The summed E-state index contributed by atoms with van der Waals surface area (Å²) in [5.41, 5.74) is 0. The summed E-state index contributed by atoms with van der Waals surface area (Å²) in [6.45, 7) is 6.19. The van der Waals surface area contributed by atoms with Crippen molar-refractivity contribution in [3.05, 3.63) is 0 Å². The molecule has 1 saturated heterocycles. The molecule has 1 aliphatic rings. The predicted octanol–water partition coefficient (Wildman–Crippen LogP) is 1.73. The van der Waals surface area contributed by atoms with Crippen molar-refractivity contribution in [2.45, 2.75) is 32.2 Å². The molecule has 0 amide bonds. The van der Waals surface area contributed by atoms with Crippen LogP contribution in [-0.4, -0.2) is 50.9 Å². The number of hydrogen-bond donors (Lipinski definition) is 2. The molecule has 0 spiro atoms. The van der Waals surface area contributed by atoms with E-state index in [1.54, 1.807) is 7.11 Å². The first-order valence-corrected chi connectivity index (χ1v) is 7.99. The molecule has 0 aromatic rings. The third-order valence-electron chi connectivity index (χ3n) is 3.32. The second-order valence-corrected chi connectivity index (χ2v) is 6.12. The highest BCUT2D eigenvalue weighted by Gasteiger charge is 2.13. The Kier molecular flexibility index (Phi) is 9.16. The molecule has 1 fully saturated rings. The van der Waals surface area contributed by atoms with Crippen LogP contribution in [-0.2, 0) is 4.74 Å². The molecule has 0 aliphatic carbocycles. The molecular weight excluding hydrogens is 232 g/mol. The van der Waals surface area contributed by atoms with Crippen LogP contribution in [0.1, 0.15) is 26.2 Å². The first-order valence-electron chi connectivity index (χ1n) is 6.83. The quantitative estimate of drug-likeness (QED) is 0.619. The first-order chi connectivity index (χ1) is 8.33. The van der Waals surface area contributed by atoms with Crippen LogP contribution >= 0.6 is 11.8 Å². The smallest absolute Gasteiger partial charge is 0.0587 e. The zero-order chi connectivity index (χ0) is 12.3. The lowest BCUT2D eigenvalue weighted by Gasteiger charge is -2.22. The molecule has 2 N–H and O–H groups in total. The van der Waals surface area contributed by atoms with E-state index < -0.39 is 0 Å². The van der Waals surface area contributed by atoms with Gasteiger partial charge in [-0.3, -0.25) is 0 Å². The molecule has 3 nitrogen and oxygen atoms in total. The molecule has 17 heavy (non-hydrogen) atoms. The molecule has 1 heterocycles. The molecule has 1 unspecified atom stereocenters. The Morgan fingerprint density at radius 1 is 1.29 bits per heavy atom. The van der Waals surface area contributed by atoms with Gasteiger partial charge in [0.2, 0.25) is 0 Å². The summed E-state index contributed by atoms with van der Waals surface area (Å²) in [6, 6.07) is 0.560. The summed E-state index contributed by atoms with van der Waals surface area (Å²) in [4.78, 5) is 0. The molecule has 1 atom stereocenters. The summed E-state index contributed by atoms with van der Waals surface area (Å²) in [6.07, 6.45) is 4.20. The standard InChI is InChI=1S/C13H28N2OS/c1-12(11-14-7-8-16-2)15-6-3-13-4-9-17-10-5-13/h12-15H,3-11H2,1-2H3. The molecular formula is C13H28N2OS. The first kappa shape index (κ1) is 15.3. The van der Waals surface area contributed by atoms with Gasteiger partial charge in [-0.25, -0.2) is 0 Å². The van der Waals surface area contributed by atoms with Gasteiger partial charge < -0.3 is 15.4 Å². The number of thioether (sulfide) groups is 1. The average molecular weight is 260 g/mol. The van der Waals surface area contributed by atoms with Crippen molar-refractivity contribution in [3.8, 4) is 0 Å². The third kappa shape index (κ3) is 8.03. The second-order valence-electron chi connectivity index (χ2n) is 4.90. The van der Waals surface area contributed by atoms with E-state index in [1.165, 1.54) is 37.3 Å². The highest BCUT2D eigenvalue weighted by Crippen LogP contribution is 2.24. The predicted molar refractivity (Wildman–Crippen MR) is 76.9 cm³/mol. The third-order valence-corrected chi connectivity index (χ3v) is 4.37. The summed E-state index contributed by atoms with van der Waals surface area (Å²) >= 11 is 2.11. The Balaban J connectivity index is 1.90. The lowest BCUT2D eigenvalue weighted by atomic mass is 9.99. The van der Waals surface area contributed by atoms with Gasteiger partial charge in [0.25, 0.3) is 0 Å². The summed E-state index contributed by atoms with van der Waals surface area (Å²) in [5.74, 6) is 3.72. The maximum Gasteiger partial charge on any atom is 0.0587 e. The SMILES string of the molecule is COCCNCC(C)NCCC1CCSCC1. The monoisotopic (exact) mass is 260 g/mol. The lowest BCUT2D eigenvalue weighted by Crippen LogP contribution is -2.38. The molecule has 0 bridgehead atoms. The number of methoxy groups -OCH3 is 1. The topological polar surface area (TPSA) is 33.3 Å². The van der Waals surface area contributed by atoms with Crippen LogP contribution in [0.3, 0.4) is 0 Å². The van der Waals surface area contributed by atoms with Crippen LogP contribution in [0.25, 0.3) is 0 Å².